The first kappa shape index (κ1) is 19.8. The van der Waals surface area contributed by atoms with Crippen LogP contribution in [0.1, 0.15) is 28.8 Å². The smallest absolute Gasteiger partial charge is 0.251 e. The van der Waals surface area contributed by atoms with Crippen molar-refractivity contribution in [2.24, 2.45) is 0 Å². The van der Waals surface area contributed by atoms with E-state index in [1.807, 2.05) is 12.1 Å². The summed E-state index contributed by atoms with van der Waals surface area (Å²) in [6, 6.07) is 16.6. The third kappa shape index (κ3) is 5.12. The summed E-state index contributed by atoms with van der Waals surface area (Å²) in [5, 5.41) is 16.0. The number of nitrogens with zero attached hydrogens (tertiary/aromatic N) is 2. The van der Waals surface area contributed by atoms with Crippen LogP contribution in [0.5, 0.6) is 0 Å². The standard InChI is InChI=1S/C22H26N4O2S/c27-13-10-23-21(28)17-6-7-19-20(14-17)29-22(25-19)24-18-8-11-26(12-9-18)15-16-4-2-1-3-5-16/h1-7,14,18,27H,8-13,15H2,(H,23,28)(H,24,25). The minimum Gasteiger partial charge on any atom is -0.395 e. The molecule has 3 aromatic rings. The van der Waals surface area contributed by atoms with E-state index in [1.54, 1.807) is 17.4 Å². The first-order valence-electron chi connectivity index (χ1n) is 10.0. The molecule has 0 saturated carbocycles. The van der Waals surface area contributed by atoms with Crippen molar-refractivity contribution in [2.75, 3.05) is 31.6 Å². The Hall–Kier alpha value is -2.48. The van der Waals surface area contributed by atoms with Gasteiger partial charge in [-0.25, -0.2) is 4.98 Å². The second-order valence-corrected chi connectivity index (χ2v) is 8.39. The average Bonchev–Trinajstić information content (AvgIpc) is 3.15. The van der Waals surface area contributed by atoms with Gasteiger partial charge in [-0.15, -0.1) is 0 Å². The molecule has 0 bridgehead atoms. The van der Waals surface area contributed by atoms with E-state index in [0.29, 0.717) is 11.6 Å². The molecule has 3 N–H and O–H groups in total. The van der Waals surface area contributed by atoms with E-state index < -0.39 is 0 Å². The zero-order valence-corrected chi connectivity index (χ0v) is 17.1. The molecule has 0 radical (unpaired) electrons. The normalized spacial score (nSPS) is 15.5. The fraction of sp³-hybridized carbons (Fsp3) is 0.364. The molecular formula is C22H26N4O2S. The summed E-state index contributed by atoms with van der Waals surface area (Å²) in [5.41, 5.74) is 2.86. The summed E-state index contributed by atoms with van der Waals surface area (Å²) in [6.07, 6.45) is 2.19. The number of likely N-dealkylation sites (tertiary alicyclic amines) is 1. The molecule has 0 aliphatic carbocycles. The van der Waals surface area contributed by atoms with Crippen LogP contribution < -0.4 is 10.6 Å². The Balaban J connectivity index is 1.33. The van der Waals surface area contributed by atoms with E-state index in [2.05, 4.69) is 50.8 Å². The van der Waals surface area contributed by atoms with Crippen molar-refractivity contribution in [1.29, 1.82) is 0 Å². The number of aliphatic hydroxyl groups is 1. The van der Waals surface area contributed by atoms with Gasteiger partial charge in [0.15, 0.2) is 5.13 Å². The van der Waals surface area contributed by atoms with E-state index in [1.165, 1.54) is 5.56 Å². The van der Waals surface area contributed by atoms with Crippen LogP contribution in [0.3, 0.4) is 0 Å². The van der Waals surface area contributed by atoms with Crippen molar-refractivity contribution >= 4 is 32.6 Å². The van der Waals surface area contributed by atoms with E-state index >= 15 is 0 Å². The Morgan fingerprint density at radius 1 is 1.17 bits per heavy atom. The molecule has 1 aromatic heterocycles. The lowest BCUT2D eigenvalue weighted by Gasteiger charge is -2.32. The maximum absolute atomic E-state index is 12.1. The molecule has 29 heavy (non-hydrogen) atoms. The summed E-state index contributed by atoms with van der Waals surface area (Å²) in [7, 11) is 0. The van der Waals surface area contributed by atoms with Crippen molar-refractivity contribution in [3.8, 4) is 0 Å². The Labute approximate surface area is 174 Å². The molecule has 1 amide bonds. The summed E-state index contributed by atoms with van der Waals surface area (Å²) in [5.74, 6) is -0.172. The number of fused-ring (bicyclic) bond motifs is 1. The highest BCUT2D eigenvalue weighted by Crippen LogP contribution is 2.28. The summed E-state index contributed by atoms with van der Waals surface area (Å²) in [6.45, 7) is 3.36. The lowest BCUT2D eigenvalue weighted by molar-refractivity contribution is 0.0945. The minimum atomic E-state index is -0.172. The number of hydrogen-bond donors (Lipinski definition) is 3. The number of nitrogens with one attached hydrogen (secondary N) is 2. The van der Waals surface area contributed by atoms with Gasteiger partial charge < -0.3 is 15.7 Å². The van der Waals surface area contributed by atoms with Crippen LogP contribution in [0.15, 0.2) is 48.5 Å². The second kappa shape index (κ2) is 9.35. The number of anilines is 1. The van der Waals surface area contributed by atoms with Gasteiger partial charge in [-0.1, -0.05) is 41.7 Å². The van der Waals surface area contributed by atoms with E-state index in [-0.39, 0.29) is 19.1 Å². The predicted octanol–water partition coefficient (Wildman–Crippen LogP) is 3.09. The zero-order valence-electron chi connectivity index (χ0n) is 16.3. The zero-order chi connectivity index (χ0) is 20.1. The number of thiazole rings is 1. The lowest BCUT2D eigenvalue weighted by Crippen LogP contribution is -2.38. The number of rotatable bonds is 7. The number of amides is 1. The average molecular weight is 411 g/mol. The van der Waals surface area contributed by atoms with Gasteiger partial charge in [-0.2, -0.15) is 0 Å². The number of benzene rings is 2. The first-order chi connectivity index (χ1) is 14.2. The highest BCUT2D eigenvalue weighted by molar-refractivity contribution is 7.22. The van der Waals surface area contributed by atoms with Gasteiger partial charge in [-0.05, 0) is 36.6 Å². The third-order valence-corrected chi connectivity index (χ3v) is 6.16. The molecule has 0 atom stereocenters. The summed E-state index contributed by atoms with van der Waals surface area (Å²) >= 11 is 1.58. The molecular weight excluding hydrogens is 384 g/mol. The number of aromatic nitrogens is 1. The van der Waals surface area contributed by atoms with Gasteiger partial charge in [0.1, 0.15) is 0 Å². The Morgan fingerprint density at radius 2 is 1.97 bits per heavy atom. The molecule has 152 valence electrons. The molecule has 0 spiro atoms. The van der Waals surface area contributed by atoms with Gasteiger partial charge in [0.25, 0.3) is 5.91 Å². The fourth-order valence-electron chi connectivity index (χ4n) is 3.65. The highest BCUT2D eigenvalue weighted by atomic mass is 32.1. The van der Waals surface area contributed by atoms with Crippen LogP contribution in [0.4, 0.5) is 5.13 Å². The first-order valence-corrected chi connectivity index (χ1v) is 10.9. The van der Waals surface area contributed by atoms with Gasteiger partial charge in [0.2, 0.25) is 0 Å². The van der Waals surface area contributed by atoms with Crippen molar-refractivity contribution < 1.29 is 9.90 Å². The molecule has 6 nitrogen and oxygen atoms in total. The van der Waals surface area contributed by atoms with Crippen LogP contribution in [-0.2, 0) is 6.54 Å². The third-order valence-electron chi connectivity index (χ3n) is 5.21. The topological polar surface area (TPSA) is 77.5 Å². The minimum absolute atomic E-state index is 0.0627. The Kier molecular flexibility index (Phi) is 6.39. The SMILES string of the molecule is O=C(NCCO)c1ccc2nc(NC3CCN(Cc4ccccc4)CC3)sc2c1. The van der Waals surface area contributed by atoms with Crippen molar-refractivity contribution in [3.05, 3.63) is 59.7 Å². The van der Waals surface area contributed by atoms with Gasteiger partial charge in [0.05, 0.1) is 16.8 Å². The van der Waals surface area contributed by atoms with Crippen LogP contribution >= 0.6 is 11.3 Å². The molecule has 2 heterocycles. The predicted molar refractivity (Wildman–Crippen MR) is 117 cm³/mol. The molecule has 1 aliphatic rings. The molecule has 4 rings (SSSR count). The summed E-state index contributed by atoms with van der Waals surface area (Å²) in [4.78, 5) is 19.3. The molecule has 2 aromatic carbocycles. The van der Waals surface area contributed by atoms with Crippen molar-refractivity contribution in [1.82, 2.24) is 15.2 Å². The number of hydrogen-bond acceptors (Lipinski definition) is 6. The van der Waals surface area contributed by atoms with Crippen molar-refractivity contribution in [2.45, 2.75) is 25.4 Å². The van der Waals surface area contributed by atoms with E-state index in [4.69, 9.17) is 5.11 Å². The van der Waals surface area contributed by atoms with Gasteiger partial charge in [-0.3, -0.25) is 9.69 Å². The van der Waals surface area contributed by atoms with Crippen molar-refractivity contribution in [3.63, 3.8) is 0 Å². The number of aliphatic hydroxyl groups excluding tert-OH is 1. The molecule has 0 unspecified atom stereocenters. The van der Waals surface area contributed by atoms with E-state index in [0.717, 1.165) is 47.8 Å². The monoisotopic (exact) mass is 410 g/mol. The quantitative estimate of drug-likeness (QED) is 0.558. The second-order valence-electron chi connectivity index (χ2n) is 7.36. The molecule has 7 heteroatoms. The molecule has 1 fully saturated rings. The van der Waals surface area contributed by atoms with Gasteiger partial charge in [0, 0.05) is 37.8 Å². The van der Waals surface area contributed by atoms with Crippen LogP contribution in [0.2, 0.25) is 0 Å². The van der Waals surface area contributed by atoms with E-state index in [9.17, 15) is 4.79 Å². The maximum atomic E-state index is 12.1. The van der Waals surface area contributed by atoms with Gasteiger partial charge >= 0.3 is 0 Å². The molecule has 1 saturated heterocycles. The highest BCUT2D eigenvalue weighted by Gasteiger charge is 2.20. The Morgan fingerprint density at radius 3 is 2.72 bits per heavy atom. The van der Waals surface area contributed by atoms with Crippen LogP contribution in [0, 0.1) is 0 Å². The Bertz CT molecular complexity index is 952. The number of carbonyl (C=O) groups excluding carboxylic acids is 1. The number of piperidine rings is 1. The number of carbonyl (C=O) groups is 1. The molecule has 1 aliphatic heterocycles. The maximum Gasteiger partial charge on any atom is 0.251 e. The van der Waals surface area contributed by atoms with Crippen LogP contribution in [-0.4, -0.2) is 53.2 Å². The lowest BCUT2D eigenvalue weighted by atomic mass is 10.0. The fourth-order valence-corrected chi connectivity index (χ4v) is 4.63. The summed E-state index contributed by atoms with van der Waals surface area (Å²) < 4.78 is 0.991. The largest absolute Gasteiger partial charge is 0.395 e. The van der Waals surface area contributed by atoms with Crippen LogP contribution in [0.25, 0.3) is 10.2 Å².